The van der Waals surface area contributed by atoms with Crippen molar-refractivity contribution in [3.8, 4) is 0 Å². The standard InChI is InChI=1S/C53H86O2/c54-53(55)49-31-37(26-28-44(49)45-29-27-38(32-50(45)53)52-46-20-10-8-17-41(46)42-18-9-11-21-47(42)52)51(35-24-22-34(23-25-35)33-12-2-1-3-13-33)48-30-36-14-4-5-15-39(36)40-16-6-7-19-43(40)48/h33-52,54-55H,1-32H2. The van der Waals surface area contributed by atoms with Gasteiger partial charge in [-0.2, -0.15) is 0 Å². The molecule has 0 radical (unpaired) electrons. The second-order valence-corrected chi connectivity index (χ2v) is 24.1. The van der Waals surface area contributed by atoms with Gasteiger partial charge in [0.05, 0.1) is 0 Å². The van der Waals surface area contributed by atoms with Crippen molar-refractivity contribution in [3.05, 3.63) is 0 Å². The molecule has 55 heavy (non-hydrogen) atoms. The Balaban J connectivity index is 0.850. The van der Waals surface area contributed by atoms with E-state index in [1.807, 2.05) is 0 Å². The van der Waals surface area contributed by atoms with Gasteiger partial charge in [-0.25, -0.2) is 0 Å². The van der Waals surface area contributed by atoms with E-state index in [0.29, 0.717) is 11.8 Å². The molecule has 11 fully saturated rings. The number of aliphatic hydroxyl groups is 2. The Bertz CT molecular complexity index is 1270. The molecule has 0 heterocycles. The van der Waals surface area contributed by atoms with Crippen molar-refractivity contribution in [2.24, 2.45) is 118 Å². The summed E-state index contributed by atoms with van der Waals surface area (Å²) in [5.74, 6) is 15.4. The monoisotopic (exact) mass is 755 g/mol. The van der Waals surface area contributed by atoms with E-state index in [0.717, 1.165) is 101 Å². The van der Waals surface area contributed by atoms with Crippen LogP contribution in [0.15, 0.2) is 0 Å². The molecule has 11 aliphatic carbocycles. The zero-order chi connectivity index (χ0) is 36.7. The molecular weight excluding hydrogens is 669 g/mol. The molecule has 0 aromatic rings. The number of fused-ring (bicyclic) bond motifs is 9. The Labute approximate surface area is 338 Å². The van der Waals surface area contributed by atoms with Crippen LogP contribution in [-0.2, 0) is 0 Å². The summed E-state index contributed by atoms with van der Waals surface area (Å²) >= 11 is 0. The first-order valence-electron chi connectivity index (χ1n) is 26.5. The normalized spacial score (nSPS) is 53.1. The van der Waals surface area contributed by atoms with Gasteiger partial charge in [0.2, 0.25) is 0 Å². The Morgan fingerprint density at radius 1 is 0.309 bits per heavy atom. The van der Waals surface area contributed by atoms with Crippen LogP contribution < -0.4 is 0 Å². The van der Waals surface area contributed by atoms with Gasteiger partial charge in [-0.1, -0.05) is 89.9 Å². The van der Waals surface area contributed by atoms with Crippen LogP contribution >= 0.6 is 0 Å². The Morgan fingerprint density at radius 2 is 0.764 bits per heavy atom. The lowest BCUT2D eigenvalue weighted by molar-refractivity contribution is -0.234. The third-order valence-electron chi connectivity index (χ3n) is 22.6. The molecule has 2 N–H and O–H groups in total. The Hall–Kier alpha value is -0.0800. The lowest BCUT2D eigenvalue weighted by Gasteiger charge is -2.57. The van der Waals surface area contributed by atoms with Crippen molar-refractivity contribution >= 4 is 0 Å². The van der Waals surface area contributed by atoms with Gasteiger partial charge in [0.25, 0.3) is 0 Å². The summed E-state index contributed by atoms with van der Waals surface area (Å²) < 4.78 is 0. The van der Waals surface area contributed by atoms with Crippen LogP contribution in [0, 0.1) is 118 Å². The number of hydrogen-bond donors (Lipinski definition) is 2. The van der Waals surface area contributed by atoms with Crippen molar-refractivity contribution < 1.29 is 10.2 Å². The van der Waals surface area contributed by atoms with Gasteiger partial charge in [0.1, 0.15) is 0 Å². The SMILES string of the molecule is OC1(O)C2CC(C(C3CCC(C4CCCCC4)CC3)C3CC4CCCCC4C4CCCCC43)CCC2C2CCC(C3C4CCCCC4C4CCCCC43)CC21. The fourth-order valence-corrected chi connectivity index (χ4v) is 20.8. The third kappa shape index (κ3) is 6.64. The van der Waals surface area contributed by atoms with Crippen LogP contribution in [0.2, 0.25) is 0 Å². The molecule has 11 aliphatic rings. The lowest BCUT2D eigenvalue weighted by atomic mass is 9.48. The largest absolute Gasteiger partial charge is 0.365 e. The first-order chi connectivity index (χ1) is 27.0. The number of hydrogen-bond acceptors (Lipinski definition) is 2. The fraction of sp³-hybridized carbons (Fsp3) is 1.00. The summed E-state index contributed by atoms with van der Waals surface area (Å²) in [5, 5.41) is 25.4. The molecule has 2 heteroatoms. The molecule has 0 amide bonds. The maximum Gasteiger partial charge on any atom is 0.168 e. The highest BCUT2D eigenvalue weighted by Gasteiger charge is 2.64. The third-order valence-corrected chi connectivity index (χ3v) is 22.6. The predicted octanol–water partition coefficient (Wildman–Crippen LogP) is 13.6. The van der Waals surface area contributed by atoms with Gasteiger partial charge in [0.15, 0.2) is 5.79 Å². The smallest absolute Gasteiger partial charge is 0.168 e. The molecular formula is C53H86O2. The molecule has 310 valence electrons. The molecule has 0 saturated heterocycles. The molecule has 0 aliphatic heterocycles. The molecule has 16 unspecified atom stereocenters. The van der Waals surface area contributed by atoms with Gasteiger partial charge in [-0.15, -0.1) is 0 Å². The minimum absolute atomic E-state index is 0.155. The van der Waals surface area contributed by atoms with Crippen molar-refractivity contribution in [3.63, 3.8) is 0 Å². The second-order valence-electron chi connectivity index (χ2n) is 24.1. The van der Waals surface area contributed by atoms with E-state index < -0.39 is 5.79 Å². The van der Waals surface area contributed by atoms with E-state index in [1.165, 1.54) is 180 Å². The van der Waals surface area contributed by atoms with Gasteiger partial charge in [-0.05, 0) is 222 Å². The molecule has 0 aromatic heterocycles. The zero-order valence-corrected chi connectivity index (χ0v) is 35.6. The summed E-state index contributed by atoms with van der Waals surface area (Å²) in [5.41, 5.74) is 0. The van der Waals surface area contributed by atoms with Gasteiger partial charge in [0, 0.05) is 11.8 Å². The highest BCUT2D eigenvalue weighted by atomic mass is 16.5. The van der Waals surface area contributed by atoms with Crippen molar-refractivity contribution in [1.29, 1.82) is 0 Å². The molecule has 11 saturated carbocycles. The van der Waals surface area contributed by atoms with E-state index >= 15 is 0 Å². The molecule has 0 spiro atoms. The summed E-state index contributed by atoms with van der Waals surface area (Å²) in [6.07, 6.45) is 47.1. The average molecular weight is 755 g/mol. The van der Waals surface area contributed by atoms with Crippen LogP contribution in [0.4, 0.5) is 0 Å². The maximum absolute atomic E-state index is 12.7. The fourth-order valence-electron chi connectivity index (χ4n) is 20.8. The second kappa shape index (κ2) is 15.7. The van der Waals surface area contributed by atoms with Crippen molar-refractivity contribution in [2.75, 3.05) is 0 Å². The highest BCUT2D eigenvalue weighted by Crippen LogP contribution is 2.67. The van der Waals surface area contributed by atoms with E-state index in [1.54, 1.807) is 19.3 Å². The van der Waals surface area contributed by atoms with Crippen LogP contribution in [0.3, 0.4) is 0 Å². The lowest BCUT2D eigenvalue weighted by Crippen LogP contribution is -2.50. The minimum atomic E-state index is -1.42. The number of rotatable bonds is 5. The quantitative estimate of drug-likeness (QED) is 0.274. The molecule has 11 rings (SSSR count). The van der Waals surface area contributed by atoms with Crippen LogP contribution in [0.1, 0.15) is 205 Å². The predicted molar refractivity (Wildman–Crippen MR) is 225 cm³/mol. The van der Waals surface area contributed by atoms with E-state index in [2.05, 4.69) is 0 Å². The van der Waals surface area contributed by atoms with Crippen molar-refractivity contribution in [2.45, 2.75) is 211 Å². The van der Waals surface area contributed by atoms with Gasteiger partial charge >= 0.3 is 0 Å². The Morgan fingerprint density at radius 3 is 1.44 bits per heavy atom. The first kappa shape index (κ1) is 37.9. The molecule has 16 atom stereocenters. The summed E-state index contributed by atoms with van der Waals surface area (Å²) in [7, 11) is 0. The summed E-state index contributed by atoms with van der Waals surface area (Å²) in [6.45, 7) is 0. The molecule has 2 nitrogen and oxygen atoms in total. The van der Waals surface area contributed by atoms with Crippen LogP contribution in [-0.4, -0.2) is 16.0 Å². The van der Waals surface area contributed by atoms with Gasteiger partial charge in [-0.3, -0.25) is 0 Å². The Kier molecular flexibility index (Phi) is 10.8. The van der Waals surface area contributed by atoms with Gasteiger partial charge < -0.3 is 10.2 Å². The average Bonchev–Trinajstić information content (AvgIpc) is 3.69. The molecule has 0 aromatic carbocycles. The zero-order valence-electron chi connectivity index (χ0n) is 35.6. The first-order valence-corrected chi connectivity index (χ1v) is 26.5. The topological polar surface area (TPSA) is 40.5 Å². The van der Waals surface area contributed by atoms with E-state index in [9.17, 15) is 10.2 Å². The van der Waals surface area contributed by atoms with Crippen molar-refractivity contribution in [1.82, 2.24) is 0 Å². The minimum Gasteiger partial charge on any atom is -0.365 e. The van der Waals surface area contributed by atoms with E-state index in [4.69, 9.17) is 0 Å². The summed E-state index contributed by atoms with van der Waals surface area (Å²) in [6, 6.07) is 0. The van der Waals surface area contributed by atoms with Crippen LogP contribution in [0.25, 0.3) is 0 Å². The maximum atomic E-state index is 12.7. The van der Waals surface area contributed by atoms with E-state index in [-0.39, 0.29) is 11.8 Å². The van der Waals surface area contributed by atoms with Crippen LogP contribution in [0.5, 0.6) is 0 Å². The molecule has 0 bridgehead atoms. The highest BCUT2D eigenvalue weighted by molar-refractivity contribution is 5.10. The summed E-state index contributed by atoms with van der Waals surface area (Å²) in [4.78, 5) is 0.